The molecule has 1 fully saturated rings. The van der Waals surface area contributed by atoms with Gasteiger partial charge in [-0.25, -0.2) is 19.7 Å². The number of nitrogens with two attached hydrogens (primary N) is 1. The Balaban J connectivity index is 1.66. The van der Waals surface area contributed by atoms with E-state index in [2.05, 4.69) is 15.0 Å². The summed E-state index contributed by atoms with van der Waals surface area (Å²) in [5.74, 6) is 0.0507. The monoisotopic (exact) mass is 319 g/mol. The summed E-state index contributed by atoms with van der Waals surface area (Å²) in [6.07, 6.45) is 3.93. The first-order chi connectivity index (χ1) is 10.8. The Labute approximate surface area is 134 Å². The van der Waals surface area contributed by atoms with Gasteiger partial charge in [-0.05, 0) is 33.6 Å². The summed E-state index contributed by atoms with van der Waals surface area (Å²) in [5.41, 5.74) is 6.52. The van der Waals surface area contributed by atoms with E-state index in [9.17, 15) is 4.79 Å². The average Bonchev–Trinajstić information content (AvgIpc) is 3.06. The second-order valence-electron chi connectivity index (χ2n) is 6.69. The van der Waals surface area contributed by atoms with E-state index in [1.54, 1.807) is 6.33 Å². The first-order valence-electron chi connectivity index (χ1n) is 7.63. The zero-order chi connectivity index (χ0) is 16.6. The molecule has 0 aromatic carbocycles. The zero-order valence-corrected chi connectivity index (χ0v) is 13.5. The number of anilines is 1. The second kappa shape index (κ2) is 5.77. The summed E-state index contributed by atoms with van der Waals surface area (Å²) in [7, 11) is 0. The molecule has 0 bridgehead atoms. The van der Waals surface area contributed by atoms with Crippen LogP contribution in [0.3, 0.4) is 0 Å². The Morgan fingerprint density at radius 3 is 2.91 bits per heavy atom. The normalized spacial score (nSPS) is 21.7. The molecular formula is C15H21N5O3. The molecule has 124 valence electrons. The topological polar surface area (TPSA) is 105 Å². The summed E-state index contributed by atoms with van der Waals surface area (Å²) in [4.78, 5) is 24.4. The maximum Gasteiger partial charge on any atom is 0.335 e. The van der Waals surface area contributed by atoms with E-state index in [0.29, 0.717) is 29.9 Å². The van der Waals surface area contributed by atoms with Crippen molar-refractivity contribution in [2.75, 3.05) is 5.73 Å². The lowest BCUT2D eigenvalue weighted by atomic mass is 10.1. The van der Waals surface area contributed by atoms with Crippen molar-refractivity contribution in [1.82, 2.24) is 19.5 Å². The van der Waals surface area contributed by atoms with Crippen LogP contribution in [0.2, 0.25) is 0 Å². The van der Waals surface area contributed by atoms with Crippen LogP contribution in [0, 0.1) is 0 Å². The van der Waals surface area contributed by atoms with E-state index in [1.807, 2.05) is 25.3 Å². The lowest BCUT2D eigenvalue weighted by Gasteiger charge is -2.22. The molecule has 1 aliphatic rings. The summed E-state index contributed by atoms with van der Waals surface area (Å²) >= 11 is 0. The number of hydrogen-bond donors (Lipinski definition) is 1. The first kappa shape index (κ1) is 15.7. The van der Waals surface area contributed by atoms with Crippen LogP contribution in [-0.2, 0) is 20.8 Å². The van der Waals surface area contributed by atoms with Crippen LogP contribution in [0.1, 0.15) is 33.6 Å². The number of hydrogen-bond acceptors (Lipinski definition) is 7. The molecule has 0 unspecified atom stereocenters. The molecule has 0 saturated carbocycles. The molecule has 2 N–H and O–H groups in total. The first-order valence-corrected chi connectivity index (χ1v) is 7.63. The maximum atomic E-state index is 12.1. The van der Waals surface area contributed by atoms with Crippen molar-refractivity contribution in [2.24, 2.45) is 0 Å². The van der Waals surface area contributed by atoms with Crippen LogP contribution < -0.4 is 5.73 Å². The second-order valence-corrected chi connectivity index (χ2v) is 6.69. The van der Waals surface area contributed by atoms with Gasteiger partial charge in [0.1, 0.15) is 17.4 Å². The van der Waals surface area contributed by atoms with E-state index in [1.165, 1.54) is 6.33 Å². The van der Waals surface area contributed by atoms with Crippen molar-refractivity contribution in [2.45, 2.75) is 58.0 Å². The largest absolute Gasteiger partial charge is 0.458 e. The van der Waals surface area contributed by atoms with E-state index in [-0.39, 0.29) is 12.1 Å². The molecule has 2 aromatic heterocycles. The number of ether oxygens (including phenoxy) is 2. The van der Waals surface area contributed by atoms with Gasteiger partial charge in [0.15, 0.2) is 17.6 Å². The van der Waals surface area contributed by atoms with Gasteiger partial charge in [-0.1, -0.05) is 0 Å². The van der Waals surface area contributed by atoms with Crippen LogP contribution >= 0.6 is 0 Å². The van der Waals surface area contributed by atoms with Crippen molar-refractivity contribution >= 4 is 23.0 Å². The van der Waals surface area contributed by atoms with Crippen LogP contribution in [0.25, 0.3) is 11.2 Å². The number of carbonyl (C=O) groups is 1. The fourth-order valence-electron chi connectivity index (χ4n) is 2.63. The van der Waals surface area contributed by atoms with E-state index >= 15 is 0 Å². The van der Waals surface area contributed by atoms with Gasteiger partial charge in [0, 0.05) is 0 Å². The third-order valence-electron chi connectivity index (χ3n) is 3.61. The molecule has 0 aliphatic carbocycles. The summed E-state index contributed by atoms with van der Waals surface area (Å²) in [6.45, 7) is 6.10. The number of nitrogen functional groups attached to an aromatic ring is 1. The van der Waals surface area contributed by atoms with Crippen molar-refractivity contribution in [3.05, 3.63) is 12.7 Å². The molecule has 0 amide bonds. The van der Waals surface area contributed by atoms with Gasteiger partial charge in [-0.3, -0.25) is 0 Å². The van der Waals surface area contributed by atoms with Gasteiger partial charge in [-0.15, -0.1) is 0 Å². The highest BCUT2D eigenvalue weighted by Crippen LogP contribution is 2.25. The predicted molar refractivity (Wildman–Crippen MR) is 83.5 cm³/mol. The molecule has 0 spiro atoms. The smallest absolute Gasteiger partial charge is 0.335 e. The van der Waals surface area contributed by atoms with Crippen LogP contribution in [0.5, 0.6) is 0 Å². The zero-order valence-electron chi connectivity index (χ0n) is 13.5. The van der Waals surface area contributed by atoms with E-state index in [0.717, 1.165) is 6.42 Å². The number of fused-ring (bicyclic) bond motifs is 1. The van der Waals surface area contributed by atoms with Gasteiger partial charge in [0.25, 0.3) is 0 Å². The summed E-state index contributed by atoms with van der Waals surface area (Å²) in [5, 5.41) is 0. The summed E-state index contributed by atoms with van der Waals surface area (Å²) in [6, 6.07) is 0. The lowest BCUT2D eigenvalue weighted by molar-refractivity contribution is -0.167. The minimum absolute atomic E-state index is 0.0823. The molecular weight excluding hydrogens is 298 g/mol. The van der Waals surface area contributed by atoms with E-state index in [4.69, 9.17) is 15.2 Å². The van der Waals surface area contributed by atoms with Crippen LogP contribution in [0.4, 0.5) is 5.82 Å². The van der Waals surface area contributed by atoms with Crippen LogP contribution in [0.15, 0.2) is 12.7 Å². The standard InChI is InChI=1S/C15H21N5O3/c1-15(2,3)23-14(21)10-5-4-9(22-10)6-20-8-19-11-12(16)17-7-18-13(11)20/h7-10H,4-6H2,1-3H3,(H2,16,17,18)/t9-,10+/m1/s1. The third-order valence-corrected chi connectivity index (χ3v) is 3.61. The number of esters is 1. The minimum atomic E-state index is -0.506. The van der Waals surface area contributed by atoms with Gasteiger partial charge < -0.3 is 19.8 Å². The molecule has 2 atom stereocenters. The molecule has 23 heavy (non-hydrogen) atoms. The fourth-order valence-corrected chi connectivity index (χ4v) is 2.63. The van der Waals surface area contributed by atoms with Crippen molar-refractivity contribution in [1.29, 1.82) is 0 Å². The lowest BCUT2D eigenvalue weighted by Crippen LogP contribution is -2.32. The van der Waals surface area contributed by atoms with Crippen LogP contribution in [-0.4, -0.2) is 43.3 Å². The number of carbonyl (C=O) groups excluding carboxylic acids is 1. The Hall–Kier alpha value is -2.22. The molecule has 8 nitrogen and oxygen atoms in total. The average molecular weight is 319 g/mol. The molecule has 3 rings (SSSR count). The maximum absolute atomic E-state index is 12.1. The molecule has 2 aromatic rings. The molecule has 1 aliphatic heterocycles. The number of imidazole rings is 1. The summed E-state index contributed by atoms with van der Waals surface area (Å²) < 4.78 is 13.1. The fraction of sp³-hybridized carbons (Fsp3) is 0.600. The quantitative estimate of drug-likeness (QED) is 0.850. The number of rotatable bonds is 3. The Morgan fingerprint density at radius 2 is 2.17 bits per heavy atom. The van der Waals surface area contributed by atoms with Gasteiger partial charge >= 0.3 is 5.97 Å². The third kappa shape index (κ3) is 3.42. The minimum Gasteiger partial charge on any atom is -0.458 e. The number of nitrogens with zero attached hydrogens (tertiary/aromatic N) is 4. The predicted octanol–water partition coefficient (Wildman–Crippen LogP) is 1.30. The Morgan fingerprint density at radius 1 is 1.39 bits per heavy atom. The highest BCUT2D eigenvalue weighted by atomic mass is 16.6. The Kier molecular flexibility index (Phi) is 3.93. The number of aromatic nitrogens is 4. The van der Waals surface area contributed by atoms with Crippen molar-refractivity contribution in [3.8, 4) is 0 Å². The molecule has 8 heteroatoms. The highest BCUT2D eigenvalue weighted by molar-refractivity contribution is 5.81. The van der Waals surface area contributed by atoms with Crippen molar-refractivity contribution in [3.63, 3.8) is 0 Å². The van der Waals surface area contributed by atoms with Gasteiger partial charge in [0.05, 0.1) is 19.0 Å². The van der Waals surface area contributed by atoms with Gasteiger partial charge in [0.2, 0.25) is 0 Å². The molecule has 1 saturated heterocycles. The SMILES string of the molecule is CC(C)(C)OC(=O)[C@@H]1CC[C@H](Cn2cnc3c(N)ncnc32)O1. The van der Waals surface area contributed by atoms with Crippen molar-refractivity contribution < 1.29 is 14.3 Å². The molecule has 0 radical (unpaired) electrons. The Bertz CT molecular complexity index is 721. The van der Waals surface area contributed by atoms with E-state index < -0.39 is 11.7 Å². The highest BCUT2D eigenvalue weighted by Gasteiger charge is 2.34. The molecule has 3 heterocycles. The van der Waals surface area contributed by atoms with Gasteiger partial charge in [-0.2, -0.15) is 0 Å².